The molecule has 0 unspecified atom stereocenters. The molecule has 0 aliphatic carbocycles. The Bertz CT molecular complexity index is 1090. The van der Waals surface area contributed by atoms with Crippen molar-refractivity contribution in [1.82, 2.24) is 19.1 Å². The average Bonchev–Trinajstić information content (AvgIpc) is 3.08. The number of anilines is 1. The molecule has 4 N–H and O–H groups in total. The Morgan fingerprint density at radius 2 is 1.93 bits per heavy atom. The van der Waals surface area contributed by atoms with Crippen LogP contribution in [0.1, 0.15) is 0 Å². The first-order chi connectivity index (χ1) is 13.9. The smallest absolute Gasteiger partial charge is 0.329 e. The molecule has 3 rings (SSSR count). The van der Waals surface area contributed by atoms with Crippen LogP contribution in [0, 0.1) is 0 Å². The standard InChI is InChI=1S/C18H23N5O6/c1-22-15-14(16(26)21-18(22)27)23(17(20-15)19-7-8-24)9-11(25)10-29-13-5-3-12(28-2)4-6-13/h3-6,11,24-25H,7-10H2,1-2H3,(H,19,20)(H,21,26,27)/t11-/m0/s1. The molecule has 1 atom stereocenters. The minimum atomic E-state index is -0.971. The molecular formula is C18H23N5O6. The maximum atomic E-state index is 12.3. The number of aliphatic hydroxyl groups excluding tert-OH is 2. The van der Waals surface area contributed by atoms with E-state index in [0.717, 1.165) is 0 Å². The van der Waals surface area contributed by atoms with E-state index in [4.69, 9.17) is 14.6 Å². The van der Waals surface area contributed by atoms with E-state index in [-0.39, 0.29) is 43.4 Å². The van der Waals surface area contributed by atoms with Crippen LogP contribution in [0.25, 0.3) is 11.2 Å². The average molecular weight is 405 g/mol. The Hall–Kier alpha value is -3.31. The molecule has 0 saturated heterocycles. The normalized spacial score (nSPS) is 12.1. The zero-order valence-electron chi connectivity index (χ0n) is 16.1. The number of methoxy groups -OCH3 is 1. The summed E-state index contributed by atoms with van der Waals surface area (Å²) < 4.78 is 13.3. The zero-order valence-corrected chi connectivity index (χ0v) is 16.1. The molecular weight excluding hydrogens is 382 g/mol. The maximum Gasteiger partial charge on any atom is 0.329 e. The first kappa shape index (κ1) is 20.4. The molecule has 29 heavy (non-hydrogen) atoms. The second kappa shape index (κ2) is 8.80. The minimum Gasteiger partial charge on any atom is -0.497 e. The van der Waals surface area contributed by atoms with Gasteiger partial charge in [-0.15, -0.1) is 0 Å². The Kier molecular flexibility index (Phi) is 6.20. The van der Waals surface area contributed by atoms with Crippen molar-refractivity contribution in [1.29, 1.82) is 0 Å². The van der Waals surface area contributed by atoms with E-state index in [0.29, 0.717) is 11.5 Å². The molecule has 2 aromatic heterocycles. The number of aryl methyl sites for hydroxylation is 1. The molecule has 0 bridgehead atoms. The molecule has 1 aromatic carbocycles. The SMILES string of the molecule is COc1ccc(OC[C@@H](O)Cn2c(NCCO)nc3c2c(=O)[nH]c(=O)n3C)cc1. The molecule has 0 aliphatic rings. The second-order valence-corrected chi connectivity index (χ2v) is 6.33. The van der Waals surface area contributed by atoms with Crippen molar-refractivity contribution in [3.05, 3.63) is 45.1 Å². The molecule has 3 aromatic rings. The van der Waals surface area contributed by atoms with Crippen LogP contribution < -0.4 is 26.0 Å². The molecule has 0 spiro atoms. The Morgan fingerprint density at radius 1 is 1.24 bits per heavy atom. The largest absolute Gasteiger partial charge is 0.497 e. The van der Waals surface area contributed by atoms with Gasteiger partial charge in [0.15, 0.2) is 11.2 Å². The summed E-state index contributed by atoms with van der Waals surface area (Å²) in [6, 6.07) is 6.91. The van der Waals surface area contributed by atoms with E-state index < -0.39 is 17.4 Å². The van der Waals surface area contributed by atoms with Crippen molar-refractivity contribution >= 4 is 17.1 Å². The third-order valence-corrected chi connectivity index (χ3v) is 4.30. The summed E-state index contributed by atoms with van der Waals surface area (Å²) in [6.45, 7) is -0.00788. The fourth-order valence-corrected chi connectivity index (χ4v) is 2.84. The van der Waals surface area contributed by atoms with Gasteiger partial charge in [0.05, 0.1) is 20.3 Å². The first-order valence-electron chi connectivity index (χ1n) is 8.93. The molecule has 0 radical (unpaired) electrons. The fraction of sp³-hybridized carbons (Fsp3) is 0.389. The molecule has 11 nitrogen and oxygen atoms in total. The van der Waals surface area contributed by atoms with Gasteiger partial charge in [0.1, 0.15) is 24.2 Å². The van der Waals surface area contributed by atoms with Crippen LogP contribution in [-0.2, 0) is 13.6 Å². The van der Waals surface area contributed by atoms with Crippen LogP contribution in [0.15, 0.2) is 33.9 Å². The Balaban J connectivity index is 1.84. The van der Waals surface area contributed by atoms with Crippen LogP contribution >= 0.6 is 0 Å². The van der Waals surface area contributed by atoms with Gasteiger partial charge in [0.2, 0.25) is 5.95 Å². The van der Waals surface area contributed by atoms with Crippen molar-refractivity contribution in [2.24, 2.45) is 7.05 Å². The maximum absolute atomic E-state index is 12.3. The predicted molar refractivity (Wildman–Crippen MR) is 106 cm³/mol. The van der Waals surface area contributed by atoms with Gasteiger partial charge in [-0.2, -0.15) is 4.98 Å². The number of benzene rings is 1. The zero-order chi connectivity index (χ0) is 21.0. The monoisotopic (exact) mass is 405 g/mol. The third kappa shape index (κ3) is 4.41. The molecule has 2 heterocycles. The number of nitrogens with one attached hydrogen (secondary N) is 2. The lowest BCUT2D eigenvalue weighted by molar-refractivity contribution is 0.0938. The number of hydrogen-bond donors (Lipinski definition) is 4. The number of rotatable bonds is 9. The lowest BCUT2D eigenvalue weighted by Gasteiger charge is -2.16. The predicted octanol–water partition coefficient (Wildman–Crippen LogP) is -0.724. The third-order valence-electron chi connectivity index (χ3n) is 4.30. The van der Waals surface area contributed by atoms with Gasteiger partial charge in [0.25, 0.3) is 5.56 Å². The molecule has 11 heteroatoms. The van der Waals surface area contributed by atoms with Gasteiger partial charge < -0.3 is 29.6 Å². The van der Waals surface area contributed by atoms with Gasteiger partial charge in [0, 0.05) is 13.6 Å². The topological polar surface area (TPSA) is 144 Å². The molecule has 0 aliphatic heterocycles. The highest BCUT2D eigenvalue weighted by atomic mass is 16.5. The van der Waals surface area contributed by atoms with Crippen molar-refractivity contribution in [2.45, 2.75) is 12.6 Å². The summed E-state index contributed by atoms with van der Waals surface area (Å²) in [7, 11) is 3.05. The number of ether oxygens (including phenoxy) is 2. The van der Waals surface area contributed by atoms with Crippen molar-refractivity contribution in [3.8, 4) is 11.5 Å². The summed E-state index contributed by atoms with van der Waals surface area (Å²) in [5.41, 5.74) is -0.904. The fourth-order valence-electron chi connectivity index (χ4n) is 2.84. The Morgan fingerprint density at radius 3 is 2.59 bits per heavy atom. The number of aromatic nitrogens is 4. The number of fused-ring (bicyclic) bond motifs is 1. The van der Waals surface area contributed by atoms with E-state index in [1.165, 1.54) is 16.2 Å². The van der Waals surface area contributed by atoms with E-state index in [1.54, 1.807) is 31.4 Å². The number of hydrogen-bond acceptors (Lipinski definition) is 8. The van der Waals surface area contributed by atoms with Crippen LogP contribution in [0.4, 0.5) is 5.95 Å². The number of H-pyrrole nitrogens is 1. The summed E-state index contributed by atoms with van der Waals surface area (Å²) in [5, 5.41) is 22.4. The second-order valence-electron chi connectivity index (χ2n) is 6.33. The summed E-state index contributed by atoms with van der Waals surface area (Å²) in [5.74, 6) is 1.50. The van der Waals surface area contributed by atoms with Crippen molar-refractivity contribution in [3.63, 3.8) is 0 Å². The van der Waals surface area contributed by atoms with Crippen LogP contribution in [-0.4, -0.2) is 62.3 Å². The highest BCUT2D eigenvalue weighted by molar-refractivity contribution is 5.74. The summed E-state index contributed by atoms with van der Waals surface area (Å²) >= 11 is 0. The highest BCUT2D eigenvalue weighted by Gasteiger charge is 2.19. The minimum absolute atomic E-state index is 0.0122. The van der Waals surface area contributed by atoms with Gasteiger partial charge >= 0.3 is 5.69 Å². The first-order valence-corrected chi connectivity index (χ1v) is 8.93. The van der Waals surface area contributed by atoms with E-state index >= 15 is 0 Å². The molecule has 0 saturated carbocycles. The Labute approximate surface area is 165 Å². The number of nitrogens with zero attached hydrogens (tertiary/aromatic N) is 3. The highest BCUT2D eigenvalue weighted by Crippen LogP contribution is 2.18. The van der Waals surface area contributed by atoms with Crippen LogP contribution in [0.5, 0.6) is 11.5 Å². The van der Waals surface area contributed by atoms with E-state index in [2.05, 4.69) is 15.3 Å². The number of aliphatic hydroxyl groups is 2. The summed E-state index contributed by atoms with van der Waals surface area (Å²) in [6.07, 6.45) is -0.971. The van der Waals surface area contributed by atoms with Gasteiger partial charge in [-0.3, -0.25) is 14.3 Å². The molecule has 156 valence electrons. The molecule has 0 fully saturated rings. The van der Waals surface area contributed by atoms with Gasteiger partial charge in [-0.1, -0.05) is 0 Å². The van der Waals surface area contributed by atoms with Crippen molar-refractivity contribution < 1.29 is 19.7 Å². The summed E-state index contributed by atoms with van der Waals surface area (Å²) in [4.78, 5) is 30.7. The number of imidazole rings is 1. The van der Waals surface area contributed by atoms with E-state index in [9.17, 15) is 14.7 Å². The van der Waals surface area contributed by atoms with Crippen LogP contribution in [0.3, 0.4) is 0 Å². The lowest BCUT2D eigenvalue weighted by Crippen LogP contribution is -2.31. The van der Waals surface area contributed by atoms with Crippen LogP contribution in [0.2, 0.25) is 0 Å². The number of aromatic amines is 1. The van der Waals surface area contributed by atoms with Gasteiger partial charge in [-0.25, -0.2) is 4.79 Å². The quantitative estimate of drug-likeness (QED) is 0.365. The van der Waals surface area contributed by atoms with Gasteiger partial charge in [-0.05, 0) is 24.3 Å². The lowest BCUT2D eigenvalue weighted by atomic mass is 10.3. The molecule has 0 amide bonds. The van der Waals surface area contributed by atoms with E-state index in [1.807, 2.05) is 0 Å². The van der Waals surface area contributed by atoms with Crippen molar-refractivity contribution in [2.75, 3.05) is 32.2 Å².